The third-order valence-electron chi connectivity index (χ3n) is 3.54. The monoisotopic (exact) mass is 349 g/mol. The van der Waals surface area contributed by atoms with Crippen molar-refractivity contribution in [1.29, 1.82) is 0 Å². The predicted octanol–water partition coefficient (Wildman–Crippen LogP) is 4.00. The highest BCUT2D eigenvalue weighted by molar-refractivity contribution is 5.96. The topological polar surface area (TPSA) is 38.3 Å². The number of hydrogen-bond acceptors (Lipinski definition) is 2. The van der Waals surface area contributed by atoms with Crippen molar-refractivity contribution in [3.63, 3.8) is 0 Å². The van der Waals surface area contributed by atoms with Crippen LogP contribution in [-0.4, -0.2) is 25.7 Å². The molecule has 0 spiro atoms. The molecule has 6 heteroatoms. The van der Waals surface area contributed by atoms with Crippen LogP contribution in [0.2, 0.25) is 0 Å². The molecule has 0 aliphatic carbocycles. The van der Waals surface area contributed by atoms with Crippen LogP contribution in [0.15, 0.2) is 60.7 Å². The Morgan fingerprint density at radius 3 is 2.28 bits per heavy atom. The molecule has 0 radical (unpaired) electrons. The molecule has 0 aromatic heterocycles. The summed E-state index contributed by atoms with van der Waals surface area (Å²) in [4.78, 5) is 11.9. The Balaban J connectivity index is 1.99. The van der Waals surface area contributed by atoms with E-state index in [0.717, 1.165) is 5.56 Å². The summed E-state index contributed by atoms with van der Waals surface area (Å²) in [6.07, 6.45) is -3.49. The number of benzene rings is 2. The lowest BCUT2D eigenvalue weighted by Crippen LogP contribution is -2.25. The van der Waals surface area contributed by atoms with Crippen LogP contribution in [0.1, 0.15) is 11.1 Å². The first-order valence-corrected chi connectivity index (χ1v) is 7.65. The van der Waals surface area contributed by atoms with Gasteiger partial charge in [-0.3, -0.25) is 4.79 Å². The first-order valence-electron chi connectivity index (χ1n) is 7.65. The van der Waals surface area contributed by atoms with Crippen molar-refractivity contribution in [3.8, 4) is 5.75 Å². The van der Waals surface area contributed by atoms with Gasteiger partial charge in [0.2, 0.25) is 5.91 Å². The number of amides is 1. The molecular weight excluding hydrogens is 331 g/mol. The number of halogens is 3. The number of hydrogen-bond donors (Lipinski definition) is 1. The molecule has 2 aromatic rings. The molecule has 0 saturated heterocycles. The summed E-state index contributed by atoms with van der Waals surface area (Å²) in [7, 11) is 1.56. The third-order valence-corrected chi connectivity index (χ3v) is 3.54. The normalized spacial score (nSPS) is 11.9. The maximum Gasteiger partial charge on any atom is 0.417 e. The molecule has 132 valence electrons. The molecule has 0 bridgehead atoms. The first-order chi connectivity index (χ1) is 11.9. The molecule has 1 N–H and O–H groups in total. The number of ether oxygens (including phenoxy) is 1. The molecule has 0 aliphatic heterocycles. The van der Waals surface area contributed by atoms with E-state index in [1.807, 2.05) is 12.1 Å². The van der Waals surface area contributed by atoms with Crippen LogP contribution in [0, 0.1) is 0 Å². The van der Waals surface area contributed by atoms with E-state index < -0.39 is 17.7 Å². The van der Waals surface area contributed by atoms with E-state index in [-0.39, 0.29) is 12.1 Å². The largest absolute Gasteiger partial charge is 0.497 e. The number of rotatable bonds is 6. The molecule has 25 heavy (non-hydrogen) atoms. The van der Waals surface area contributed by atoms with E-state index in [1.54, 1.807) is 25.3 Å². The van der Waals surface area contributed by atoms with Gasteiger partial charge in [0.1, 0.15) is 5.75 Å². The van der Waals surface area contributed by atoms with Gasteiger partial charge in [-0.05, 0) is 29.7 Å². The maximum atomic E-state index is 13.2. The summed E-state index contributed by atoms with van der Waals surface area (Å²) in [6, 6.07) is 14.5. The Morgan fingerprint density at radius 2 is 1.72 bits per heavy atom. The Hall–Kier alpha value is -2.76. The zero-order chi connectivity index (χ0) is 18.3. The van der Waals surface area contributed by atoms with Crippen molar-refractivity contribution >= 4 is 11.5 Å². The van der Waals surface area contributed by atoms with Gasteiger partial charge in [0, 0.05) is 12.6 Å². The number of allylic oxidation sites excluding steroid dienone is 1. The Kier molecular flexibility index (Phi) is 6.22. The standard InChI is InChI=1S/C19H18F3NO2/c1-25-16-9-7-14(8-10-16)11-12-23-18(24)13-17(19(20,21)22)15-5-3-2-4-6-15/h2-10,13H,11-12H2,1H3,(H,23,24)/b17-13-. The van der Waals surface area contributed by atoms with Crippen LogP contribution in [0.3, 0.4) is 0 Å². The van der Waals surface area contributed by atoms with Gasteiger partial charge < -0.3 is 10.1 Å². The average molecular weight is 349 g/mol. The van der Waals surface area contributed by atoms with Gasteiger partial charge >= 0.3 is 6.18 Å². The SMILES string of the molecule is COc1ccc(CCNC(=O)/C=C(/c2ccccc2)C(F)(F)F)cc1. The van der Waals surface area contributed by atoms with Gasteiger partial charge in [0.05, 0.1) is 12.7 Å². The summed E-state index contributed by atoms with van der Waals surface area (Å²) in [6.45, 7) is 0.238. The van der Waals surface area contributed by atoms with E-state index in [0.29, 0.717) is 18.2 Å². The molecule has 3 nitrogen and oxygen atoms in total. The zero-order valence-electron chi connectivity index (χ0n) is 13.6. The highest BCUT2D eigenvalue weighted by Gasteiger charge is 2.35. The molecule has 0 fully saturated rings. The minimum absolute atomic E-state index is 0.0414. The number of methoxy groups -OCH3 is 1. The molecule has 1 amide bonds. The fourth-order valence-corrected chi connectivity index (χ4v) is 2.25. The second kappa shape index (κ2) is 8.37. The Morgan fingerprint density at radius 1 is 1.08 bits per heavy atom. The van der Waals surface area contributed by atoms with Crippen LogP contribution in [0.5, 0.6) is 5.75 Å². The van der Waals surface area contributed by atoms with E-state index >= 15 is 0 Å². The lowest BCUT2D eigenvalue weighted by molar-refractivity contribution is -0.116. The smallest absolute Gasteiger partial charge is 0.417 e. The maximum absolute atomic E-state index is 13.2. The van der Waals surface area contributed by atoms with Gasteiger partial charge in [-0.1, -0.05) is 42.5 Å². The number of nitrogens with one attached hydrogen (secondary N) is 1. The third kappa shape index (κ3) is 5.67. The van der Waals surface area contributed by atoms with Gasteiger partial charge in [-0.25, -0.2) is 0 Å². The summed E-state index contributed by atoms with van der Waals surface area (Å²) in [5.41, 5.74) is -0.0560. The van der Waals surface area contributed by atoms with Crippen LogP contribution in [0.4, 0.5) is 13.2 Å². The van der Waals surface area contributed by atoms with Crippen molar-refractivity contribution in [3.05, 3.63) is 71.8 Å². The molecule has 0 unspecified atom stereocenters. The van der Waals surface area contributed by atoms with Crippen molar-refractivity contribution < 1.29 is 22.7 Å². The van der Waals surface area contributed by atoms with Crippen LogP contribution in [-0.2, 0) is 11.2 Å². The predicted molar refractivity (Wildman–Crippen MR) is 90.2 cm³/mol. The number of carbonyl (C=O) groups excluding carboxylic acids is 1. The van der Waals surface area contributed by atoms with Crippen molar-refractivity contribution in [2.24, 2.45) is 0 Å². The van der Waals surface area contributed by atoms with Crippen molar-refractivity contribution in [2.75, 3.05) is 13.7 Å². The fourth-order valence-electron chi connectivity index (χ4n) is 2.25. The summed E-state index contributed by atoms with van der Waals surface area (Å²) < 4.78 is 44.5. The van der Waals surface area contributed by atoms with Gasteiger partial charge in [0.25, 0.3) is 0 Å². The summed E-state index contributed by atoms with van der Waals surface area (Å²) >= 11 is 0. The molecule has 0 aliphatic rings. The van der Waals surface area contributed by atoms with Gasteiger partial charge in [0.15, 0.2) is 0 Å². The van der Waals surface area contributed by atoms with Crippen LogP contribution < -0.4 is 10.1 Å². The van der Waals surface area contributed by atoms with Gasteiger partial charge in [-0.2, -0.15) is 13.2 Å². The Labute approximate surface area is 144 Å². The lowest BCUT2D eigenvalue weighted by Gasteiger charge is -2.12. The summed E-state index contributed by atoms with van der Waals surface area (Å²) in [5.74, 6) is -0.0573. The summed E-state index contributed by atoms with van der Waals surface area (Å²) in [5, 5.41) is 2.49. The molecule has 0 heterocycles. The van der Waals surface area contributed by atoms with Gasteiger partial charge in [-0.15, -0.1) is 0 Å². The molecule has 0 saturated carbocycles. The molecular formula is C19H18F3NO2. The minimum Gasteiger partial charge on any atom is -0.497 e. The number of carbonyl (C=O) groups is 1. The highest BCUT2D eigenvalue weighted by Crippen LogP contribution is 2.33. The minimum atomic E-state index is -4.60. The van der Waals surface area contributed by atoms with Crippen molar-refractivity contribution in [1.82, 2.24) is 5.32 Å². The zero-order valence-corrected chi connectivity index (χ0v) is 13.6. The molecule has 0 atom stereocenters. The second-order valence-electron chi connectivity index (χ2n) is 5.31. The second-order valence-corrected chi connectivity index (χ2v) is 5.31. The quantitative estimate of drug-likeness (QED) is 0.801. The van der Waals surface area contributed by atoms with Crippen molar-refractivity contribution in [2.45, 2.75) is 12.6 Å². The fraction of sp³-hybridized carbons (Fsp3) is 0.211. The van der Waals surface area contributed by atoms with E-state index in [2.05, 4.69) is 5.32 Å². The number of alkyl halides is 3. The lowest BCUT2D eigenvalue weighted by atomic mass is 10.1. The van der Waals surface area contributed by atoms with Crippen LogP contribution >= 0.6 is 0 Å². The average Bonchev–Trinajstić information content (AvgIpc) is 2.60. The van der Waals surface area contributed by atoms with E-state index in [4.69, 9.17) is 4.74 Å². The molecule has 2 rings (SSSR count). The van der Waals surface area contributed by atoms with Crippen LogP contribution in [0.25, 0.3) is 5.57 Å². The van der Waals surface area contributed by atoms with E-state index in [9.17, 15) is 18.0 Å². The first kappa shape index (κ1) is 18.6. The molecule has 2 aromatic carbocycles. The Bertz CT molecular complexity index is 723. The van der Waals surface area contributed by atoms with E-state index in [1.165, 1.54) is 24.3 Å². The highest BCUT2D eigenvalue weighted by atomic mass is 19.4.